The molecule has 32 heavy (non-hydrogen) atoms. The fraction of sp³-hybridized carbons (Fsp3) is 0.208. The van der Waals surface area contributed by atoms with Crippen LogP contribution in [0.1, 0.15) is 11.1 Å². The van der Waals surface area contributed by atoms with Crippen molar-refractivity contribution >= 4 is 29.5 Å². The molecule has 1 aromatic heterocycles. The second-order valence-corrected chi connectivity index (χ2v) is 7.87. The Balaban J connectivity index is 1.59. The molecule has 2 aromatic carbocycles. The molecule has 3 aromatic rings. The molecule has 4 rings (SSSR count). The summed E-state index contributed by atoms with van der Waals surface area (Å²) in [6, 6.07) is 17.4. The largest absolute Gasteiger partial charge is 0.367 e. The molecule has 0 saturated carbocycles. The number of morpholine rings is 1. The maximum absolute atomic E-state index is 12.7. The summed E-state index contributed by atoms with van der Waals surface area (Å²) in [5.74, 6) is -0.781. The van der Waals surface area contributed by atoms with Crippen LogP contribution in [0.3, 0.4) is 0 Å². The fourth-order valence-electron chi connectivity index (χ4n) is 3.55. The van der Waals surface area contributed by atoms with E-state index in [0.29, 0.717) is 18.1 Å². The van der Waals surface area contributed by atoms with Gasteiger partial charge in [-0.25, -0.2) is 0 Å². The van der Waals surface area contributed by atoms with E-state index in [4.69, 9.17) is 27.2 Å². The van der Waals surface area contributed by atoms with Crippen LogP contribution in [0.15, 0.2) is 66.9 Å². The van der Waals surface area contributed by atoms with Crippen LogP contribution in [0.5, 0.6) is 0 Å². The summed E-state index contributed by atoms with van der Waals surface area (Å²) in [6.07, 6.45) is 4.35. The molecule has 2 amide bonds. The Kier molecular flexibility index (Phi) is 6.68. The van der Waals surface area contributed by atoms with Crippen LogP contribution in [0.2, 0.25) is 5.02 Å². The van der Waals surface area contributed by atoms with Gasteiger partial charge in [-0.2, -0.15) is 5.10 Å². The molecule has 1 aliphatic heterocycles. The zero-order valence-corrected chi connectivity index (χ0v) is 18.1. The van der Waals surface area contributed by atoms with Crippen LogP contribution >= 0.6 is 11.6 Å². The molecule has 1 unspecified atom stereocenters. The second kappa shape index (κ2) is 9.80. The van der Waals surface area contributed by atoms with Crippen molar-refractivity contribution in [3.8, 4) is 11.3 Å². The molecule has 0 bridgehead atoms. The first kappa shape index (κ1) is 21.8. The number of rotatable bonds is 6. The summed E-state index contributed by atoms with van der Waals surface area (Å²) in [4.78, 5) is 25.7. The molecule has 0 aliphatic carbocycles. The van der Waals surface area contributed by atoms with Crippen molar-refractivity contribution in [2.45, 2.75) is 12.6 Å². The number of primary amides is 1. The molecule has 1 fully saturated rings. The topological polar surface area (TPSA) is 90.5 Å². The molecular formula is C24H23ClN4O3. The van der Waals surface area contributed by atoms with Crippen molar-refractivity contribution in [1.29, 1.82) is 0 Å². The Bertz CT molecular complexity index is 1140. The van der Waals surface area contributed by atoms with Gasteiger partial charge in [0.2, 0.25) is 11.8 Å². The third kappa shape index (κ3) is 5.07. The lowest BCUT2D eigenvalue weighted by Crippen LogP contribution is -2.50. The van der Waals surface area contributed by atoms with E-state index in [9.17, 15) is 9.59 Å². The quantitative estimate of drug-likeness (QED) is 0.584. The lowest BCUT2D eigenvalue weighted by molar-refractivity contribution is -0.142. The number of nitrogens with zero attached hydrogens (tertiary/aromatic N) is 3. The number of benzene rings is 2. The Morgan fingerprint density at radius 1 is 1.16 bits per heavy atom. The van der Waals surface area contributed by atoms with E-state index in [1.165, 1.54) is 6.08 Å². The van der Waals surface area contributed by atoms with Crippen molar-refractivity contribution in [3.05, 3.63) is 83.0 Å². The molecule has 1 saturated heterocycles. The van der Waals surface area contributed by atoms with E-state index in [2.05, 4.69) is 0 Å². The monoisotopic (exact) mass is 450 g/mol. The summed E-state index contributed by atoms with van der Waals surface area (Å²) in [6.45, 7) is 1.34. The average Bonchev–Trinajstić information content (AvgIpc) is 3.22. The first-order valence-electron chi connectivity index (χ1n) is 10.3. The van der Waals surface area contributed by atoms with E-state index in [0.717, 1.165) is 22.4 Å². The van der Waals surface area contributed by atoms with Crippen molar-refractivity contribution in [2.24, 2.45) is 5.73 Å². The number of nitrogens with two attached hydrogens (primary N) is 1. The molecular weight excluding hydrogens is 428 g/mol. The summed E-state index contributed by atoms with van der Waals surface area (Å²) < 4.78 is 7.12. The molecule has 164 valence electrons. The first-order chi connectivity index (χ1) is 15.5. The lowest BCUT2D eigenvalue weighted by Gasteiger charge is -2.30. The predicted molar refractivity (Wildman–Crippen MR) is 123 cm³/mol. The van der Waals surface area contributed by atoms with Gasteiger partial charge in [0.1, 0.15) is 0 Å². The number of hydrogen-bond donors (Lipinski definition) is 1. The van der Waals surface area contributed by atoms with Gasteiger partial charge in [0.15, 0.2) is 6.10 Å². The van der Waals surface area contributed by atoms with Gasteiger partial charge < -0.3 is 15.4 Å². The van der Waals surface area contributed by atoms with Crippen molar-refractivity contribution in [1.82, 2.24) is 14.7 Å². The number of carbonyl (C=O) groups is 2. The number of ether oxygens (including phenoxy) is 1. The number of carbonyl (C=O) groups excluding carboxylic acids is 2. The molecule has 1 atom stereocenters. The molecule has 7 nitrogen and oxygen atoms in total. The van der Waals surface area contributed by atoms with Crippen LogP contribution in [-0.4, -0.2) is 52.3 Å². The van der Waals surface area contributed by atoms with Gasteiger partial charge in [0.25, 0.3) is 0 Å². The Hall–Kier alpha value is -3.42. The average molecular weight is 451 g/mol. The highest BCUT2D eigenvalue weighted by molar-refractivity contribution is 6.31. The Labute approximate surface area is 191 Å². The van der Waals surface area contributed by atoms with Gasteiger partial charge in [-0.05, 0) is 17.7 Å². The van der Waals surface area contributed by atoms with Gasteiger partial charge in [0.05, 0.1) is 25.4 Å². The van der Waals surface area contributed by atoms with Gasteiger partial charge in [0, 0.05) is 35.0 Å². The van der Waals surface area contributed by atoms with Crippen molar-refractivity contribution in [2.75, 3.05) is 19.7 Å². The lowest BCUT2D eigenvalue weighted by atomic mass is 10.1. The van der Waals surface area contributed by atoms with E-state index >= 15 is 0 Å². The van der Waals surface area contributed by atoms with Crippen LogP contribution in [0, 0.1) is 0 Å². The summed E-state index contributed by atoms with van der Waals surface area (Å²) in [7, 11) is 0. The first-order valence-corrected chi connectivity index (χ1v) is 10.6. The van der Waals surface area contributed by atoms with E-state index in [-0.39, 0.29) is 19.1 Å². The van der Waals surface area contributed by atoms with Crippen LogP contribution in [-0.2, 0) is 20.9 Å². The maximum Gasteiger partial charge on any atom is 0.248 e. The molecule has 0 spiro atoms. The minimum atomic E-state index is -0.778. The second-order valence-electron chi connectivity index (χ2n) is 7.47. The Morgan fingerprint density at radius 3 is 2.66 bits per heavy atom. The number of halogens is 1. The third-order valence-corrected chi connectivity index (χ3v) is 5.60. The van der Waals surface area contributed by atoms with Crippen LogP contribution in [0.4, 0.5) is 0 Å². The van der Waals surface area contributed by atoms with Gasteiger partial charge in [-0.3, -0.25) is 14.3 Å². The van der Waals surface area contributed by atoms with E-state index < -0.39 is 12.0 Å². The summed E-state index contributed by atoms with van der Waals surface area (Å²) in [5, 5.41) is 5.42. The molecule has 8 heteroatoms. The molecule has 1 aliphatic rings. The van der Waals surface area contributed by atoms with E-state index in [1.807, 2.05) is 65.5 Å². The van der Waals surface area contributed by atoms with Crippen LogP contribution < -0.4 is 5.73 Å². The number of hydrogen-bond acceptors (Lipinski definition) is 4. The minimum absolute atomic E-state index is 0.149. The minimum Gasteiger partial charge on any atom is -0.367 e. The highest BCUT2D eigenvalue weighted by Gasteiger charge is 2.26. The Morgan fingerprint density at radius 2 is 1.91 bits per heavy atom. The highest BCUT2D eigenvalue weighted by Crippen LogP contribution is 2.24. The summed E-state index contributed by atoms with van der Waals surface area (Å²) >= 11 is 6.31. The zero-order valence-electron chi connectivity index (χ0n) is 17.4. The van der Waals surface area contributed by atoms with Crippen molar-refractivity contribution < 1.29 is 14.3 Å². The number of aromatic nitrogens is 2. The molecule has 0 radical (unpaired) electrons. The summed E-state index contributed by atoms with van der Waals surface area (Å²) in [5.41, 5.74) is 8.77. The van der Waals surface area contributed by atoms with Crippen molar-refractivity contribution in [3.63, 3.8) is 0 Å². The standard InChI is InChI=1S/C24H23ClN4O3/c25-20-9-5-4-8-18(20)14-29-15-19(23(27-29)17-6-2-1-3-7-17)10-11-22(30)28-12-13-32-21(16-28)24(26)31/h1-11,15,21H,12-14,16H2,(H2,26,31). The smallest absolute Gasteiger partial charge is 0.248 e. The van der Waals surface area contributed by atoms with Gasteiger partial charge >= 0.3 is 0 Å². The normalized spacial score (nSPS) is 16.4. The predicted octanol–water partition coefficient (Wildman–Crippen LogP) is 2.98. The molecule has 2 heterocycles. The third-order valence-electron chi connectivity index (χ3n) is 5.23. The van der Waals surface area contributed by atoms with Gasteiger partial charge in [-0.1, -0.05) is 60.1 Å². The number of amides is 2. The zero-order chi connectivity index (χ0) is 22.5. The van der Waals surface area contributed by atoms with E-state index in [1.54, 1.807) is 11.0 Å². The highest BCUT2D eigenvalue weighted by atomic mass is 35.5. The molecule has 2 N–H and O–H groups in total. The van der Waals surface area contributed by atoms with Gasteiger partial charge in [-0.15, -0.1) is 0 Å². The maximum atomic E-state index is 12.7. The van der Waals surface area contributed by atoms with Crippen LogP contribution in [0.25, 0.3) is 17.3 Å². The SMILES string of the molecule is NC(=O)C1CN(C(=O)C=Cc2cn(Cc3ccccc3Cl)nc2-c2ccccc2)CCO1. The fourth-order valence-corrected chi connectivity index (χ4v) is 3.74.